The van der Waals surface area contributed by atoms with Crippen LogP contribution < -0.4 is 5.73 Å². The number of amides is 1. The first-order valence-electron chi connectivity index (χ1n) is 7.12. The zero-order valence-electron chi connectivity index (χ0n) is 12.7. The Balaban J connectivity index is 1.71. The molecule has 0 bridgehead atoms. The number of hydrogen-bond donors (Lipinski definition) is 1. The maximum absolute atomic E-state index is 12.8. The molecule has 9 nitrogen and oxygen atoms in total. The number of carbonyl (C=O) groups is 1. The van der Waals surface area contributed by atoms with Gasteiger partial charge in [-0.25, -0.2) is 15.0 Å². The molecule has 0 fully saturated rings. The zero-order chi connectivity index (χ0) is 16.1. The molecule has 9 heteroatoms. The van der Waals surface area contributed by atoms with Crippen molar-refractivity contribution in [3.05, 3.63) is 40.7 Å². The van der Waals surface area contributed by atoms with Crippen molar-refractivity contribution in [2.45, 2.75) is 26.9 Å². The van der Waals surface area contributed by atoms with E-state index in [4.69, 9.17) is 5.73 Å². The van der Waals surface area contributed by atoms with Gasteiger partial charge in [0.2, 0.25) is 11.8 Å². The summed E-state index contributed by atoms with van der Waals surface area (Å²) in [5.41, 5.74) is 8.96. The number of anilines is 1. The van der Waals surface area contributed by atoms with Crippen molar-refractivity contribution in [2.24, 2.45) is 0 Å². The van der Waals surface area contributed by atoms with Gasteiger partial charge in [0.1, 0.15) is 0 Å². The maximum Gasteiger partial charge on any atom is 0.292 e. The van der Waals surface area contributed by atoms with Crippen molar-refractivity contribution in [1.82, 2.24) is 34.4 Å². The molecule has 3 aromatic rings. The molecule has 0 unspecified atom stereocenters. The smallest absolute Gasteiger partial charge is 0.292 e. The van der Waals surface area contributed by atoms with Gasteiger partial charge >= 0.3 is 0 Å². The Bertz CT molecular complexity index is 947. The first kappa shape index (κ1) is 13.6. The molecule has 0 aliphatic carbocycles. The van der Waals surface area contributed by atoms with E-state index in [2.05, 4.69) is 25.1 Å². The molecule has 0 atom stereocenters. The minimum absolute atomic E-state index is 0.210. The van der Waals surface area contributed by atoms with Crippen molar-refractivity contribution in [3.8, 4) is 0 Å². The molecule has 3 aromatic heterocycles. The van der Waals surface area contributed by atoms with E-state index in [0.29, 0.717) is 18.9 Å². The fraction of sp³-hybridized carbons (Fsp3) is 0.286. The summed E-state index contributed by atoms with van der Waals surface area (Å²) >= 11 is 0. The number of nitrogens with two attached hydrogens (primary N) is 1. The summed E-state index contributed by atoms with van der Waals surface area (Å²) in [6, 6.07) is 1.89. The lowest BCUT2D eigenvalue weighted by atomic mass is 10.3. The van der Waals surface area contributed by atoms with E-state index in [-0.39, 0.29) is 17.7 Å². The molecule has 1 aliphatic heterocycles. The van der Waals surface area contributed by atoms with Crippen molar-refractivity contribution in [3.63, 3.8) is 0 Å². The van der Waals surface area contributed by atoms with Gasteiger partial charge in [0, 0.05) is 29.7 Å². The average molecular weight is 310 g/mol. The van der Waals surface area contributed by atoms with Gasteiger partial charge in [0.25, 0.3) is 11.7 Å². The number of nitrogen functional groups attached to an aromatic ring is 1. The number of hydrogen-bond acceptors (Lipinski definition) is 7. The Morgan fingerprint density at radius 3 is 2.87 bits per heavy atom. The van der Waals surface area contributed by atoms with Crippen LogP contribution in [-0.2, 0) is 13.1 Å². The molecule has 4 heterocycles. The Morgan fingerprint density at radius 2 is 2.04 bits per heavy atom. The quantitative estimate of drug-likeness (QED) is 0.685. The first-order valence-corrected chi connectivity index (χ1v) is 7.12. The largest absolute Gasteiger partial charge is 0.368 e. The van der Waals surface area contributed by atoms with Gasteiger partial charge in [0.05, 0.1) is 12.2 Å². The number of aryl methyl sites for hydroxylation is 2. The van der Waals surface area contributed by atoms with Crippen molar-refractivity contribution >= 4 is 17.6 Å². The number of rotatable bonds is 1. The predicted octanol–water partition coefficient (Wildman–Crippen LogP) is 0.269. The zero-order valence-corrected chi connectivity index (χ0v) is 12.7. The third kappa shape index (κ3) is 2.08. The molecule has 0 saturated carbocycles. The van der Waals surface area contributed by atoms with Crippen molar-refractivity contribution in [2.75, 3.05) is 5.73 Å². The summed E-state index contributed by atoms with van der Waals surface area (Å²) in [6.45, 7) is 4.59. The van der Waals surface area contributed by atoms with Gasteiger partial charge in [0.15, 0.2) is 0 Å². The SMILES string of the molecule is Cc1cc(C)n2c(C(=O)N3Cc4cnc(N)nc4C3)nnc2n1. The number of carbonyl (C=O) groups excluding carboxylic acids is 1. The Hall–Kier alpha value is -3.10. The highest BCUT2D eigenvalue weighted by Gasteiger charge is 2.29. The van der Waals surface area contributed by atoms with E-state index in [1.54, 1.807) is 15.5 Å². The monoisotopic (exact) mass is 310 g/mol. The Morgan fingerprint density at radius 1 is 1.22 bits per heavy atom. The number of fused-ring (bicyclic) bond motifs is 2. The molecule has 4 rings (SSSR count). The third-order valence-electron chi connectivity index (χ3n) is 3.85. The molecular formula is C14H14N8O. The lowest BCUT2D eigenvalue weighted by molar-refractivity contribution is 0.0736. The van der Waals surface area contributed by atoms with Crippen LogP contribution in [0, 0.1) is 13.8 Å². The van der Waals surface area contributed by atoms with Crippen LogP contribution in [0.2, 0.25) is 0 Å². The Kier molecular flexibility index (Phi) is 2.77. The van der Waals surface area contributed by atoms with E-state index in [9.17, 15) is 4.79 Å². The second-order valence-electron chi connectivity index (χ2n) is 5.56. The van der Waals surface area contributed by atoms with Gasteiger partial charge < -0.3 is 10.6 Å². The van der Waals surface area contributed by atoms with Crippen molar-refractivity contribution < 1.29 is 4.79 Å². The maximum atomic E-state index is 12.8. The highest BCUT2D eigenvalue weighted by Crippen LogP contribution is 2.22. The van der Waals surface area contributed by atoms with E-state index >= 15 is 0 Å². The molecule has 0 aromatic carbocycles. The van der Waals surface area contributed by atoms with Gasteiger partial charge in [-0.1, -0.05) is 0 Å². The minimum Gasteiger partial charge on any atom is -0.368 e. The molecule has 1 aliphatic rings. The Labute approximate surface area is 131 Å². The van der Waals surface area contributed by atoms with Gasteiger partial charge in [-0.15, -0.1) is 10.2 Å². The van der Waals surface area contributed by atoms with Crippen LogP contribution in [0.1, 0.15) is 33.3 Å². The summed E-state index contributed by atoms with van der Waals surface area (Å²) in [6.07, 6.45) is 1.66. The number of nitrogens with zero attached hydrogens (tertiary/aromatic N) is 7. The molecule has 23 heavy (non-hydrogen) atoms. The second kappa shape index (κ2) is 4.70. The summed E-state index contributed by atoms with van der Waals surface area (Å²) in [5, 5.41) is 8.02. The fourth-order valence-corrected chi connectivity index (χ4v) is 2.82. The molecule has 1 amide bonds. The van der Waals surface area contributed by atoms with Crippen LogP contribution in [-0.4, -0.2) is 40.4 Å². The summed E-state index contributed by atoms with van der Waals surface area (Å²) in [5.74, 6) is 0.662. The van der Waals surface area contributed by atoms with Crippen LogP contribution in [0.4, 0.5) is 5.95 Å². The van der Waals surface area contributed by atoms with Crippen LogP contribution >= 0.6 is 0 Å². The molecule has 0 saturated heterocycles. The third-order valence-corrected chi connectivity index (χ3v) is 3.85. The second-order valence-corrected chi connectivity index (χ2v) is 5.56. The van der Waals surface area contributed by atoms with Gasteiger partial charge in [-0.05, 0) is 19.9 Å². The van der Waals surface area contributed by atoms with Crippen LogP contribution in [0.5, 0.6) is 0 Å². The average Bonchev–Trinajstić information content (AvgIpc) is 3.09. The van der Waals surface area contributed by atoms with Crippen LogP contribution in [0.3, 0.4) is 0 Å². The summed E-state index contributed by atoms with van der Waals surface area (Å²) in [7, 11) is 0. The predicted molar refractivity (Wildman–Crippen MR) is 80.3 cm³/mol. The fourth-order valence-electron chi connectivity index (χ4n) is 2.82. The highest BCUT2D eigenvalue weighted by atomic mass is 16.2. The standard InChI is InChI=1S/C14H14N8O/c1-7-3-8(2)22-11(19-20-14(22)17-7)12(23)21-5-9-4-16-13(15)18-10(9)6-21/h3-4H,5-6H2,1-2H3,(H2,15,16,18). The van der Waals surface area contributed by atoms with Crippen molar-refractivity contribution in [1.29, 1.82) is 0 Å². The van der Waals surface area contributed by atoms with E-state index in [0.717, 1.165) is 22.6 Å². The normalized spacial score (nSPS) is 13.6. The molecule has 116 valence electrons. The lowest BCUT2D eigenvalue weighted by Crippen LogP contribution is -2.27. The van der Waals surface area contributed by atoms with Crippen LogP contribution in [0.25, 0.3) is 5.78 Å². The molecular weight excluding hydrogens is 296 g/mol. The van der Waals surface area contributed by atoms with Crippen LogP contribution in [0.15, 0.2) is 12.3 Å². The van der Waals surface area contributed by atoms with E-state index in [1.165, 1.54) is 0 Å². The molecule has 2 N–H and O–H groups in total. The number of aromatic nitrogens is 6. The topological polar surface area (TPSA) is 115 Å². The molecule has 0 spiro atoms. The highest BCUT2D eigenvalue weighted by molar-refractivity contribution is 5.91. The minimum atomic E-state index is -0.220. The van der Waals surface area contributed by atoms with Gasteiger partial charge in [-0.3, -0.25) is 9.20 Å². The summed E-state index contributed by atoms with van der Waals surface area (Å²) in [4.78, 5) is 26.9. The summed E-state index contributed by atoms with van der Waals surface area (Å²) < 4.78 is 1.67. The van der Waals surface area contributed by atoms with Gasteiger partial charge in [-0.2, -0.15) is 0 Å². The van der Waals surface area contributed by atoms with E-state index in [1.807, 2.05) is 19.9 Å². The molecule has 0 radical (unpaired) electrons. The lowest BCUT2D eigenvalue weighted by Gasteiger charge is -2.14. The first-order chi connectivity index (χ1) is 11.0. The van der Waals surface area contributed by atoms with E-state index < -0.39 is 0 Å².